The van der Waals surface area contributed by atoms with Crippen molar-refractivity contribution in [3.8, 4) is 0 Å². The van der Waals surface area contributed by atoms with E-state index < -0.39 is 41.2 Å². The predicted molar refractivity (Wildman–Crippen MR) is 76.0 cm³/mol. The number of likely N-dealkylation sites (tertiary alicyclic amines) is 1. The van der Waals surface area contributed by atoms with Crippen LogP contribution in [0.15, 0.2) is 24.3 Å². The van der Waals surface area contributed by atoms with Crippen LogP contribution in [-0.4, -0.2) is 53.3 Å². The van der Waals surface area contributed by atoms with Crippen LogP contribution < -0.4 is 5.32 Å². The van der Waals surface area contributed by atoms with E-state index in [-0.39, 0.29) is 19.6 Å². The first-order valence-corrected chi connectivity index (χ1v) is 7.34. The number of rotatable bonds is 2. The van der Waals surface area contributed by atoms with Gasteiger partial charge in [-0.15, -0.1) is 0 Å². The lowest BCUT2D eigenvalue weighted by molar-refractivity contribution is -0.138. The van der Waals surface area contributed by atoms with Gasteiger partial charge in [0.05, 0.1) is 23.7 Å². The van der Waals surface area contributed by atoms with Crippen molar-refractivity contribution in [3.05, 3.63) is 35.4 Å². The van der Waals surface area contributed by atoms with Gasteiger partial charge >= 0.3 is 12.2 Å². The number of amides is 4. The lowest BCUT2D eigenvalue weighted by Crippen LogP contribution is -2.43. The Morgan fingerprint density at radius 1 is 1.21 bits per heavy atom. The van der Waals surface area contributed by atoms with Crippen LogP contribution in [0.1, 0.15) is 22.3 Å². The van der Waals surface area contributed by atoms with E-state index in [1.54, 1.807) is 0 Å². The van der Waals surface area contributed by atoms with Crippen LogP contribution in [0.4, 0.5) is 18.0 Å². The summed E-state index contributed by atoms with van der Waals surface area (Å²) >= 11 is 0. The van der Waals surface area contributed by atoms with Crippen molar-refractivity contribution in [1.82, 2.24) is 15.1 Å². The van der Waals surface area contributed by atoms with E-state index >= 15 is 0 Å². The second-order valence-electron chi connectivity index (χ2n) is 5.66. The van der Waals surface area contributed by atoms with E-state index in [9.17, 15) is 27.6 Å². The van der Waals surface area contributed by atoms with Crippen molar-refractivity contribution in [1.29, 1.82) is 0 Å². The number of halogens is 3. The molecule has 1 aromatic rings. The first-order valence-electron chi connectivity index (χ1n) is 7.34. The fraction of sp³-hybridized carbons (Fsp3) is 0.400. The quantitative estimate of drug-likeness (QED) is 0.829. The molecule has 2 aliphatic rings. The van der Waals surface area contributed by atoms with E-state index in [0.29, 0.717) is 6.42 Å². The molecule has 6 nitrogen and oxygen atoms in total. The van der Waals surface area contributed by atoms with Crippen LogP contribution in [-0.2, 0) is 11.0 Å². The predicted octanol–water partition coefficient (Wildman–Crippen LogP) is 1.47. The number of carbonyl (C=O) groups excluding carboxylic acids is 3. The molecule has 2 heterocycles. The zero-order valence-corrected chi connectivity index (χ0v) is 12.5. The maximum Gasteiger partial charge on any atom is 0.417 e. The number of nitrogens with one attached hydrogen (secondary N) is 1. The summed E-state index contributed by atoms with van der Waals surface area (Å²) in [4.78, 5) is 38.1. The molecule has 0 bridgehead atoms. The van der Waals surface area contributed by atoms with Gasteiger partial charge in [-0.25, -0.2) is 4.79 Å². The third kappa shape index (κ3) is 2.81. The molecule has 0 spiro atoms. The summed E-state index contributed by atoms with van der Waals surface area (Å²) in [6.45, 7) is 0.122. The molecule has 1 atom stereocenters. The Bertz CT molecular complexity index is 689. The third-order valence-electron chi connectivity index (χ3n) is 4.16. The molecule has 0 unspecified atom stereocenters. The first kappa shape index (κ1) is 16.3. The van der Waals surface area contributed by atoms with E-state index in [0.717, 1.165) is 17.0 Å². The molecule has 0 aromatic heterocycles. The molecule has 0 saturated carbocycles. The van der Waals surface area contributed by atoms with E-state index in [2.05, 4.69) is 5.32 Å². The summed E-state index contributed by atoms with van der Waals surface area (Å²) < 4.78 is 39.1. The Labute approximate surface area is 135 Å². The normalized spacial score (nSPS) is 21.4. The maximum atomic E-state index is 13.0. The van der Waals surface area contributed by atoms with Crippen LogP contribution >= 0.6 is 0 Å². The number of imide groups is 1. The molecule has 2 saturated heterocycles. The van der Waals surface area contributed by atoms with Gasteiger partial charge in [-0.3, -0.25) is 14.5 Å². The van der Waals surface area contributed by atoms with Crippen molar-refractivity contribution in [2.45, 2.75) is 18.6 Å². The number of hydrogen-bond acceptors (Lipinski definition) is 3. The van der Waals surface area contributed by atoms with Crippen LogP contribution in [0, 0.1) is 0 Å². The van der Waals surface area contributed by atoms with Crippen LogP contribution in [0.5, 0.6) is 0 Å². The molecule has 0 radical (unpaired) electrons. The number of nitrogens with zero attached hydrogens (tertiary/aromatic N) is 2. The summed E-state index contributed by atoms with van der Waals surface area (Å²) in [5, 5.41) is 2.39. The van der Waals surface area contributed by atoms with Gasteiger partial charge in [0.2, 0.25) is 5.91 Å². The molecular formula is C15H14F3N3O3. The highest BCUT2D eigenvalue weighted by Crippen LogP contribution is 2.33. The SMILES string of the molecule is O=C(c1ccccc1C(F)(F)F)N1CC[C@@H](N2C(=O)CNC2=O)C1. The van der Waals surface area contributed by atoms with Gasteiger partial charge in [0, 0.05) is 13.1 Å². The lowest BCUT2D eigenvalue weighted by Gasteiger charge is -2.22. The number of carbonyl (C=O) groups is 3. The molecule has 0 aliphatic carbocycles. The molecule has 4 amide bonds. The summed E-state index contributed by atoms with van der Waals surface area (Å²) in [6, 6.07) is 3.54. The minimum Gasteiger partial charge on any atom is -0.336 e. The first-order chi connectivity index (χ1) is 11.3. The highest BCUT2D eigenvalue weighted by molar-refractivity contribution is 6.02. The molecule has 3 rings (SSSR count). The largest absolute Gasteiger partial charge is 0.417 e. The highest BCUT2D eigenvalue weighted by Gasteiger charge is 2.41. The minimum absolute atomic E-state index is 0.0319. The van der Waals surface area contributed by atoms with E-state index in [1.807, 2.05) is 0 Å². The van der Waals surface area contributed by atoms with Crippen molar-refractivity contribution >= 4 is 17.8 Å². The Morgan fingerprint density at radius 3 is 2.54 bits per heavy atom. The van der Waals surface area contributed by atoms with Gasteiger partial charge in [-0.05, 0) is 18.6 Å². The molecule has 1 N–H and O–H groups in total. The fourth-order valence-electron chi connectivity index (χ4n) is 3.03. The van der Waals surface area contributed by atoms with Crippen molar-refractivity contribution in [2.75, 3.05) is 19.6 Å². The monoisotopic (exact) mass is 341 g/mol. The Morgan fingerprint density at radius 2 is 1.92 bits per heavy atom. The summed E-state index contributed by atoms with van der Waals surface area (Å²) in [6.07, 6.45) is -4.28. The lowest BCUT2D eigenvalue weighted by atomic mass is 10.1. The van der Waals surface area contributed by atoms with Gasteiger partial charge in [0.25, 0.3) is 5.91 Å². The third-order valence-corrected chi connectivity index (χ3v) is 4.16. The summed E-state index contributed by atoms with van der Waals surface area (Å²) in [7, 11) is 0. The average molecular weight is 341 g/mol. The number of hydrogen-bond donors (Lipinski definition) is 1. The van der Waals surface area contributed by atoms with Crippen molar-refractivity contribution in [2.24, 2.45) is 0 Å². The molecular weight excluding hydrogens is 327 g/mol. The Kier molecular flexibility index (Phi) is 3.94. The second-order valence-corrected chi connectivity index (χ2v) is 5.66. The molecule has 2 fully saturated rings. The number of alkyl halides is 3. The van der Waals surface area contributed by atoms with Crippen molar-refractivity contribution in [3.63, 3.8) is 0 Å². The van der Waals surface area contributed by atoms with E-state index in [4.69, 9.17) is 0 Å². The van der Waals surface area contributed by atoms with Crippen LogP contribution in [0.3, 0.4) is 0 Å². The summed E-state index contributed by atoms with van der Waals surface area (Å²) in [5.74, 6) is -1.15. The van der Waals surface area contributed by atoms with Crippen LogP contribution in [0.25, 0.3) is 0 Å². The zero-order chi connectivity index (χ0) is 17.5. The van der Waals surface area contributed by atoms with Crippen molar-refractivity contribution < 1.29 is 27.6 Å². The topological polar surface area (TPSA) is 69.7 Å². The van der Waals surface area contributed by atoms with Gasteiger partial charge in [-0.2, -0.15) is 13.2 Å². The maximum absolute atomic E-state index is 13.0. The number of benzene rings is 1. The zero-order valence-electron chi connectivity index (χ0n) is 12.5. The standard InChI is InChI=1S/C15H14F3N3O3/c16-15(17,18)11-4-2-1-3-10(11)13(23)20-6-5-9(8-20)21-12(22)7-19-14(21)24/h1-4,9H,5-8H2,(H,19,24)/t9-/m1/s1. The smallest absolute Gasteiger partial charge is 0.336 e. The summed E-state index contributed by atoms with van der Waals surface area (Å²) in [5.41, 5.74) is -1.42. The Balaban J connectivity index is 1.79. The van der Waals surface area contributed by atoms with Crippen LogP contribution in [0.2, 0.25) is 0 Å². The molecule has 9 heteroatoms. The molecule has 2 aliphatic heterocycles. The molecule has 128 valence electrons. The average Bonchev–Trinajstić information content (AvgIpc) is 3.12. The van der Waals surface area contributed by atoms with Gasteiger partial charge < -0.3 is 10.2 Å². The minimum atomic E-state index is -4.63. The highest BCUT2D eigenvalue weighted by atomic mass is 19.4. The number of urea groups is 1. The van der Waals surface area contributed by atoms with Gasteiger partial charge in [-0.1, -0.05) is 12.1 Å². The fourth-order valence-corrected chi connectivity index (χ4v) is 3.03. The second kappa shape index (κ2) is 5.81. The molecule has 1 aromatic carbocycles. The Hall–Kier alpha value is -2.58. The molecule has 24 heavy (non-hydrogen) atoms. The van der Waals surface area contributed by atoms with Gasteiger partial charge in [0.15, 0.2) is 0 Å². The van der Waals surface area contributed by atoms with Gasteiger partial charge in [0.1, 0.15) is 0 Å². The van der Waals surface area contributed by atoms with E-state index in [1.165, 1.54) is 17.0 Å².